The van der Waals surface area contributed by atoms with Crippen LogP contribution in [-0.2, 0) is 0 Å². The van der Waals surface area contributed by atoms with Crippen molar-refractivity contribution in [3.63, 3.8) is 0 Å². The van der Waals surface area contributed by atoms with Crippen LogP contribution in [-0.4, -0.2) is 20.9 Å². The number of anilines is 3. The number of hydrogen-bond acceptors (Lipinski definition) is 4. The number of H-pyrrole nitrogens is 1. The van der Waals surface area contributed by atoms with Gasteiger partial charge in [0.2, 0.25) is 5.95 Å². The molecule has 4 aromatic rings. The predicted molar refractivity (Wildman–Crippen MR) is 113 cm³/mol. The van der Waals surface area contributed by atoms with Gasteiger partial charge < -0.3 is 15.6 Å². The van der Waals surface area contributed by atoms with Crippen molar-refractivity contribution >= 4 is 69.2 Å². The summed E-state index contributed by atoms with van der Waals surface area (Å²) in [6.07, 6.45) is 1.55. The van der Waals surface area contributed by atoms with Gasteiger partial charge in [0, 0.05) is 11.8 Å². The lowest BCUT2D eigenvalue weighted by molar-refractivity contribution is 0.102. The number of nitrogens with one attached hydrogen (secondary N) is 3. The first kappa shape index (κ1) is 18.6. The molecule has 4 rings (SSSR count). The number of nitrogens with zero attached hydrogens (tertiary/aromatic N) is 2. The molecule has 3 N–H and O–H groups in total. The summed E-state index contributed by atoms with van der Waals surface area (Å²) in [5.41, 5.74) is 2.33. The molecule has 140 valence electrons. The van der Waals surface area contributed by atoms with E-state index in [1.54, 1.807) is 54.7 Å². The number of hydrogen-bond donors (Lipinski definition) is 3. The van der Waals surface area contributed by atoms with Gasteiger partial charge in [0.05, 0.1) is 31.8 Å². The Bertz CT molecular complexity index is 1170. The van der Waals surface area contributed by atoms with Gasteiger partial charge >= 0.3 is 0 Å². The van der Waals surface area contributed by atoms with Gasteiger partial charge in [-0.25, -0.2) is 9.97 Å². The number of aromatic amines is 1. The van der Waals surface area contributed by atoms with E-state index < -0.39 is 0 Å². The van der Waals surface area contributed by atoms with Crippen LogP contribution >= 0.6 is 34.8 Å². The summed E-state index contributed by atoms with van der Waals surface area (Å²) in [7, 11) is 0. The van der Waals surface area contributed by atoms with Gasteiger partial charge in [0.25, 0.3) is 5.91 Å². The zero-order valence-electron chi connectivity index (χ0n) is 14.1. The van der Waals surface area contributed by atoms with E-state index in [0.717, 1.165) is 0 Å². The van der Waals surface area contributed by atoms with Crippen molar-refractivity contribution in [3.05, 3.63) is 75.4 Å². The molecule has 28 heavy (non-hydrogen) atoms. The SMILES string of the molecule is O=C(Nc1ncccc1Cl)c1ccc2nc(Nc3c(Cl)cccc3Cl)[nH]c2c1. The number of fused-ring (bicyclic) bond motifs is 1. The second-order valence-electron chi connectivity index (χ2n) is 5.83. The highest BCUT2D eigenvalue weighted by Crippen LogP contribution is 2.32. The molecule has 0 spiro atoms. The van der Waals surface area contributed by atoms with E-state index in [0.29, 0.717) is 49.1 Å². The fourth-order valence-electron chi connectivity index (χ4n) is 2.60. The zero-order valence-corrected chi connectivity index (χ0v) is 16.4. The van der Waals surface area contributed by atoms with Crippen LogP contribution in [0.4, 0.5) is 17.5 Å². The fraction of sp³-hybridized carbons (Fsp3) is 0. The molecule has 6 nitrogen and oxygen atoms in total. The molecule has 0 aliphatic carbocycles. The first-order valence-electron chi connectivity index (χ1n) is 8.14. The predicted octanol–water partition coefficient (Wildman–Crippen LogP) is 5.91. The highest BCUT2D eigenvalue weighted by atomic mass is 35.5. The van der Waals surface area contributed by atoms with Gasteiger partial charge in [-0.05, 0) is 42.5 Å². The first-order chi connectivity index (χ1) is 13.5. The van der Waals surface area contributed by atoms with Crippen LogP contribution in [0.5, 0.6) is 0 Å². The van der Waals surface area contributed by atoms with E-state index >= 15 is 0 Å². The summed E-state index contributed by atoms with van der Waals surface area (Å²) in [4.78, 5) is 24.1. The number of amides is 1. The highest BCUT2D eigenvalue weighted by molar-refractivity contribution is 6.39. The molecule has 0 atom stereocenters. The van der Waals surface area contributed by atoms with Crippen LogP contribution in [0.3, 0.4) is 0 Å². The van der Waals surface area contributed by atoms with Gasteiger partial charge in [-0.1, -0.05) is 40.9 Å². The summed E-state index contributed by atoms with van der Waals surface area (Å²) in [5.74, 6) is 0.422. The lowest BCUT2D eigenvalue weighted by Crippen LogP contribution is -2.13. The molecule has 0 aliphatic rings. The lowest BCUT2D eigenvalue weighted by atomic mass is 10.2. The summed E-state index contributed by atoms with van der Waals surface area (Å²) in [6.45, 7) is 0. The molecule has 2 heterocycles. The van der Waals surface area contributed by atoms with Crippen LogP contribution in [0, 0.1) is 0 Å². The Morgan fingerprint density at radius 3 is 2.46 bits per heavy atom. The van der Waals surface area contributed by atoms with E-state index in [9.17, 15) is 4.79 Å². The van der Waals surface area contributed by atoms with Crippen molar-refractivity contribution in [1.29, 1.82) is 0 Å². The molecule has 0 saturated carbocycles. The highest BCUT2D eigenvalue weighted by Gasteiger charge is 2.13. The van der Waals surface area contributed by atoms with Gasteiger partial charge in [-0.2, -0.15) is 0 Å². The van der Waals surface area contributed by atoms with Gasteiger partial charge in [0.15, 0.2) is 5.82 Å². The van der Waals surface area contributed by atoms with Gasteiger partial charge in [-0.15, -0.1) is 0 Å². The van der Waals surface area contributed by atoms with Gasteiger partial charge in [-0.3, -0.25) is 4.79 Å². The Kier molecular flexibility index (Phi) is 5.09. The van der Waals surface area contributed by atoms with Crippen molar-refractivity contribution in [2.75, 3.05) is 10.6 Å². The van der Waals surface area contributed by atoms with Crippen LogP contribution in [0.15, 0.2) is 54.7 Å². The van der Waals surface area contributed by atoms with Crippen molar-refractivity contribution in [3.8, 4) is 0 Å². The molecule has 0 unspecified atom stereocenters. The van der Waals surface area contributed by atoms with Crippen molar-refractivity contribution in [2.24, 2.45) is 0 Å². The molecule has 9 heteroatoms. The van der Waals surface area contributed by atoms with Crippen molar-refractivity contribution < 1.29 is 4.79 Å². The number of imidazole rings is 1. The maximum absolute atomic E-state index is 12.5. The largest absolute Gasteiger partial charge is 0.324 e. The monoisotopic (exact) mass is 431 g/mol. The van der Waals surface area contributed by atoms with Crippen molar-refractivity contribution in [1.82, 2.24) is 15.0 Å². The number of halogens is 3. The van der Waals surface area contributed by atoms with Crippen LogP contribution in [0.2, 0.25) is 15.1 Å². The molecule has 2 aromatic heterocycles. The molecule has 0 aliphatic heterocycles. The normalized spacial score (nSPS) is 10.8. The second-order valence-corrected chi connectivity index (χ2v) is 7.05. The van der Waals surface area contributed by atoms with E-state index in [2.05, 4.69) is 25.6 Å². The van der Waals surface area contributed by atoms with E-state index in [1.165, 1.54) is 0 Å². The molecular formula is C19H12Cl3N5O. The number of benzene rings is 2. The summed E-state index contributed by atoms with van der Waals surface area (Å²) < 4.78 is 0. The van der Waals surface area contributed by atoms with Crippen molar-refractivity contribution in [2.45, 2.75) is 0 Å². The Morgan fingerprint density at radius 2 is 1.71 bits per heavy atom. The van der Waals surface area contributed by atoms with E-state index in [1.807, 2.05) is 0 Å². The zero-order chi connectivity index (χ0) is 19.7. The van der Waals surface area contributed by atoms with E-state index in [-0.39, 0.29) is 5.91 Å². The second kappa shape index (κ2) is 7.67. The summed E-state index contributed by atoms with van der Waals surface area (Å²) in [6, 6.07) is 13.6. The smallest absolute Gasteiger partial charge is 0.256 e. The summed E-state index contributed by atoms with van der Waals surface area (Å²) in [5, 5.41) is 7.06. The Balaban J connectivity index is 1.60. The average Bonchev–Trinajstić information content (AvgIpc) is 3.08. The minimum absolute atomic E-state index is 0.301. The Morgan fingerprint density at radius 1 is 0.964 bits per heavy atom. The average molecular weight is 433 g/mol. The molecule has 0 bridgehead atoms. The number of para-hydroxylation sites is 1. The quantitative estimate of drug-likeness (QED) is 0.374. The summed E-state index contributed by atoms with van der Waals surface area (Å²) >= 11 is 18.4. The first-order valence-corrected chi connectivity index (χ1v) is 9.27. The van der Waals surface area contributed by atoms with E-state index in [4.69, 9.17) is 34.8 Å². The molecule has 2 aromatic carbocycles. The molecule has 0 fully saturated rings. The molecule has 0 saturated heterocycles. The maximum atomic E-state index is 12.5. The third-order valence-electron chi connectivity index (χ3n) is 3.94. The lowest BCUT2D eigenvalue weighted by Gasteiger charge is -2.07. The standard InChI is InChI=1S/C19H12Cl3N5O/c20-11-3-1-4-12(21)16(11)26-19-24-14-7-6-10(9-15(14)25-19)18(28)27-17-13(22)5-2-8-23-17/h1-9H,(H,23,27,28)(H2,24,25,26). The molecule has 1 amide bonds. The van der Waals surface area contributed by atoms with Crippen LogP contribution < -0.4 is 10.6 Å². The third-order valence-corrected chi connectivity index (χ3v) is 4.88. The Labute approximate surface area is 174 Å². The minimum atomic E-state index is -0.333. The third kappa shape index (κ3) is 3.75. The van der Waals surface area contributed by atoms with Crippen LogP contribution in [0.25, 0.3) is 11.0 Å². The van der Waals surface area contributed by atoms with Gasteiger partial charge in [0.1, 0.15) is 0 Å². The minimum Gasteiger partial charge on any atom is -0.324 e. The number of aromatic nitrogens is 3. The Hall–Kier alpha value is -2.80. The number of rotatable bonds is 4. The fourth-order valence-corrected chi connectivity index (χ4v) is 3.26. The molecular weight excluding hydrogens is 421 g/mol. The number of pyridine rings is 1. The molecule has 0 radical (unpaired) electrons. The topological polar surface area (TPSA) is 82.7 Å². The maximum Gasteiger partial charge on any atom is 0.256 e. The van der Waals surface area contributed by atoms with Crippen LogP contribution in [0.1, 0.15) is 10.4 Å². The number of carbonyl (C=O) groups excluding carboxylic acids is 1. The number of carbonyl (C=O) groups is 1.